The van der Waals surface area contributed by atoms with Crippen LogP contribution in [-0.4, -0.2) is 24.4 Å². The molecule has 1 aliphatic rings. The van der Waals surface area contributed by atoms with Crippen molar-refractivity contribution in [3.05, 3.63) is 121 Å². The van der Waals surface area contributed by atoms with Gasteiger partial charge in [0.05, 0.1) is 10.2 Å². The summed E-state index contributed by atoms with van der Waals surface area (Å²) in [5, 5.41) is 8.99. The predicted molar refractivity (Wildman–Crippen MR) is 131 cm³/mol. The van der Waals surface area contributed by atoms with Crippen LogP contribution >= 0.6 is 11.3 Å². The Morgan fingerprint density at radius 2 is 1.53 bits per heavy atom. The van der Waals surface area contributed by atoms with E-state index in [4.69, 9.17) is 0 Å². The molecule has 0 aliphatic carbocycles. The molecule has 32 heavy (non-hydrogen) atoms. The average Bonchev–Trinajstić information content (AvgIpc) is 3.15. The number of rotatable bonds is 4. The van der Waals surface area contributed by atoms with Crippen molar-refractivity contribution in [3.63, 3.8) is 0 Å². The summed E-state index contributed by atoms with van der Waals surface area (Å²) in [6, 6.07) is 27.8. The van der Waals surface area contributed by atoms with Crippen LogP contribution in [0.1, 0.15) is 22.7 Å². The molecule has 4 aromatic rings. The lowest BCUT2D eigenvalue weighted by Crippen LogP contribution is -2.40. The fourth-order valence-corrected chi connectivity index (χ4v) is 4.79. The van der Waals surface area contributed by atoms with Crippen molar-refractivity contribution in [2.45, 2.75) is 6.04 Å². The van der Waals surface area contributed by atoms with Crippen LogP contribution in [0, 0.1) is 0 Å². The Hall–Kier alpha value is -3.77. The van der Waals surface area contributed by atoms with Crippen LogP contribution < -0.4 is 19.8 Å². The number of anilines is 1. The molecule has 3 aromatic carbocycles. The number of aromatic nitrogens is 1. The zero-order valence-corrected chi connectivity index (χ0v) is 18.7. The molecule has 1 atom stereocenters. The Kier molecular flexibility index (Phi) is 5.29. The van der Waals surface area contributed by atoms with Crippen molar-refractivity contribution < 1.29 is 0 Å². The number of nitrogens with zero attached hydrogens (tertiary/aromatic N) is 4. The fraction of sp³-hybridized carbons (Fsp3) is 0.115. The normalized spacial score (nSPS) is 15.6. The van der Waals surface area contributed by atoms with Crippen LogP contribution in [0.5, 0.6) is 0 Å². The minimum absolute atomic E-state index is 0.0531. The smallest absolute Gasteiger partial charge is 0.271 e. The van der Waals surface area contributed by atoms with Crippen molar-refractivity contribution in [3.8, 4) is 0 Å². The highest BCUT2D eigenvalue weighted by Gasteiger charge is 2.28. The predicted octanol–water partition coefficient (Wildman–Crippen LogP) is 3.43. The molecule has 0 radical (unpaired) electrons. The standard InChI is InChI=1S/C26H22N4OS/c1-29(2)21-15-13-18(14-16-21)17-22-25(31)30-24(20-11-7-4-8-12-20)23(27-28-26(30)32-22)19-9-5-3-6-10-19/h3-17,24H,1-2H3/b22-17-/t24-/m0/s1. The summed E-state index contributed by atoms with van der Waals surface area (Å²) < 4.78 is 2.42. The largest absolute Gasteiger partial charge is 0.378 e. The maximum atomic E-state index is 13.6. The molecule has 0 bridgehead atoms. The monoisotopic (exact) mass is 438 g/mol. The van der Waals surface area contributed by atoms with Crippen LogP contribution in [0.15, 0.2) is 99.9 Å². The molecule has 0 unspecified atom stereocenters. The number of hydrogen-bond acceptors (Lipinski definition) is 5. The lowest BCUT2D eigenvalue weighted by Gasteiger charge is -2.22. The van der Waals surface area contributed by atoms with Gasteiger partial charge in [0.1, 0.15) is 6.04 Å². The third-order valence-corrected chi connectivity index (χ3v) is 6.46. The maximum Gasteiger partial charge on any atom is 0.271 e. The lowest BCUT2D eigenvalue weighted by molar-refractivity contribution is 0.657. The molecule has 5 nitrogen and oxygen atoms in total. The molecular weight excluding hydrogens is 416 g/mol. The molecular formula is C26H22N4OS. The van der Waals surface area contributed by atoms with Crippen LogP contribution in [0.2, 0.25) is 0 Å². The Balaban J connectivity index is 1.66. The van der Waals surface area contributed by atoms with Gasteiger partial charge in [-0.05, 0) is 29.3 Å². The second kappa shape index (κ2) is 8.40. The summed E-state index contributed by atoms with van der Waals surface area (Å²) >= 11 is 1.37. The molecule has 0 spiro atoms. The number of fused-ring (bicyclic) bond motifs is 1. The zero-order chi connectivity index (χ0) is 22.1. The Labute approximate surface area is 189 Å². The van der Waals surface area contributed by atoms with E-state index >= 15 is 0 Å². The van der Waals surface area contributed by atoms with Crippen molar-refractivity contribution in [2.24, 2.45) is 10.2 Å². The van der Waals surface area contributed by atoms with Crippen LogP contribution in [0.4, 0.5) is 5.69 Å². The van der Waals surface area contributed by atoms with Gasteiger partial charge in [-0.1, -0.05) is 84.1 Å². The molecule has 1 aromatic heterocycles. The van der Waals surface area contributed by atoms with Gasteiger partial charge >= 0.3 is 0 Å². The van der Waals surface area contributed by atoms with E-state index in [2.05, 4.69) is 10.2 Å². The Morgan fingerprint density at radius 3 is 2.19 bits per heavy atom. The van der Waals surface area contributed by atoms with Gasteiger partial charge in [-0.15, -0.1) is 10.2 Å². The van der Waals surface area contributed by atoms with Crippen molar-refractivity contribution in [1.82, 2.24) is 4.57 Å². The summed E-state index contributed by atoms with van der Waals surface area (Å²) in [5.74, 6) is 0. The quantitative estimate of drug-likeness (QED) is 0.490. The maximum absolute atomic E-state index is 13.6. The first kappa shape index (κ1) is 20.2. The molecule has 0 amide bonds. The van der Waals surface area contributed by atoms with E-state index in [1.165, 1.54) is 11.3 Å². The third-order valence-electron chi connectivity index (χ3n) is 5.49. The van der Waals surface area contributed by atoms with Gasteiger partial charge in [-0.25, -0.2) is 0 Å². The van der Waals surface area contributed by atoms with Gasteiger partial charge in [0, 0.05) is 25.3 Å². The minimum Gasteiger partial charge on any atom is -0.378 e. The fourth-order valence-electron chi connectivity index (χ4n) is 3.84. The number of hydrogen-bond donors (Lipinski definition) is 0. The molecule has 6 heteroatoms. The zero-order valence-electron chi connectivity index (χ0n) is 17.8. The second-order valence-electron chi connectivity index (χ2n) is 7.82. The van der Waals surface area contributed by atoms with Gasteiger partial charge in [0.25, 0.3) is 5.56 Å². The molecule has 5 rings (SSSR count). The molecule has 0 N–H and O–H groups in total. The molecule has 158 valence electrons. The van der Waals surface area contributed by atoms with Gasteiger partial charge in [-0.3, -0.25) is 9.36 Å². The van der Waals surface area contributed by atoms with E-state index in [0.717, 1.165) is 28.1 Å². The van der Waals surface area contributed by atoms with E-state index in [1.807, 2.05) is 110 Å². The topological polar surface area (TPSA) is 50.0 Å². The van der Waals surface area contributed by atoms with Gasteiger partial charge in [0.15, 0.2) is 0 Å². The van der Waals surface area contributed by atoms with Crippen LogP contribution in [-0.2, 0) is 0 Å². The summed E-state index contributed by atoms with van der Waals surface area (Å²) in [5.41, 5.74) is 4.78. The molecule has 0 fully saturated rings. The van der Waals surface area contributed by atoms with E-state index in [9.17, 15) is 4.79 Å². The van der Waals surface area contributed by atoms with E-state index < -0.39 is 0 Å². The van der Waals surface area contributed by atoms with Gasteiger partial charge in [0.2, 0.25) is 4.80 Å². The highest BCUT2D eigenvalue weighted by molar-refractivity contribution is 7.07. The van der Waals surface area contributed by atoms with E-state index in [1.54, 1.807) is 4.57 Å². The molecule has 2 heterocycles. The van der Waals surface area contributed by atoms with Gasteiger partial charge in [-0.2, -0.15) is 0 Å². The summed E-state index contributed by atoms with van der Waals surface area (Å²) in [6.07, 6.45) is 1.93. The molecule has 0 saturated heterocycles. The van der Waals surface area contributed by atoms with Crippen LogP contribution in [0.3, 0.4) is 0 Å². The summed E-state index contributed by atoms with van der Waals surface area (Å²) in [6.45, 7) is 0. The Morgan fingerprint density at radius 1 is 0.875 bits per heavy atom. The third kappa shape index (κ3) is 3.69. The second-order valence-corrected chi connectivity index (χ2v) is 8.83. The Bertz CT molecular complexity index is 1450. The average molecular weight is 439 g/mol. The van der Waals surface area contributed by atoms with Crippen molar-refractivity contribution >= 4 is 28.8 Å². The first-order valence-electron chi connectivity index (χ1n) is 10.4. The van der Waals surface area contributed by atoms with E-state index in [-0.39, 0.29) is 11.6 Å². The SMILES string of the molecule is CN(C)c1ccc(/C=c2\sc3n(c2=O)[C@@H](c2ccccc2)C(c2ccccc2)=NN=3)cc1. The number of thiazole rings is 1. The highest BCUT2D eigenvalue weighted by atomic mass is 32.1. The lowest BCUT2D eigenvalue weighted by atomic mass is 9.96. The van der Waals surface area contributed by atoms with Crippen LogP contribution in [0.25, 0.3) is 6.08 Å². The minimum atomic E-state index is -0.326. The molecule has 0 saturated carbocycles. The first-order valence-corrected chi connectivity index (χ1v) is 11.2. The van der Waals surface area contributed by atoms with E-state index in [0.29, 0.717) is 9.33 Å². The number of benzene rings is 3. The summed E-state index contributed by atoms with van der Waals surface area (Å²) in [7, 11) is 4.02. The van der Waals surface area contributed by atoms with Gasteiger partial charge < -0.3 is 4.90 Å². The first-order chi connectivity index (χ1) is 15.6. The highest BCUT2D eigenvalue weighted by Crippen LogP contribution is 2.24. The van der Waals surface area contributed by atoms with Crippen molar-refractivity contribution in [2.75, 3.05) is 19.0 Å². The van der Waals surface area contributed by atoms with Crippen molar-refractivity contribution in [1.29, 1.82) is 0 Å². The molecule has 1 aliphatic heterocycles. The summed E-state index contributed by atoms with van der Waals surface area (Å²) in [4.78, 5) is 16.2.